The molecule has 1 heterocycles. The number of hydrogen-bond donors (Lipinski definition) is 0. The van der Waals surface area contributed by atoms with Crippen molar-refractivity contribution in [3.8, 4) is 0 Å². The summed E-state index contributed by atoms with van der Waals surface area (Å²) in [5.74, 6) is 0. The summed E-state index contributed by atoms with van der Waals surface area (Å²) in [6.45, 7) is 3.23. The van der Waals surface area contributed by atoms with Gasteiger partial charge in [0.15, 0.2) is 0 Å². The third-order valence-electron chi connectivity index (χ3n) is 3.88. The lowest BCUT2D eigenvalue weighted by molar-refractivity contribution is 0.392. The number of hydrogen-bond acceptors (Lipinski definition) is 2. The molecule has 0 fully saturated rings. The Labute approximate surface area is 128 Å². The van der Waals surface area contributed by atoms with E-state index in [-0.39, 0.29) is 0 Å². The fraction of sp³-hybridized carbons (Fsp3) is 0.529. The maximum absolute atomic E-state index is 12.8. The van der Waals surface area contributed by atoms with Gasteiger partial charge in [-0.1, -0.05) is 29.8 Å². The van der Waals surface area contributed by atoms with Crippen LogP contribution in [-0.4, -0.2) is 25.8 Å². The summed E-state index contributed by atoms with van der Waals surface area (Å²) >= 11 is 0. The largest absolute Gasteiger partial charge is 0.243 e. The fourth-order valence-electron chi connectivity index (χ4n) is 2.55. The second-order valence-electron chi connectivity index (χ2n) is 5.68. The molecule has 0 unspecified atom stereocenters. The number of aryl methyl sites for hydroxylation is 1. The van der Waals surface area contributed by atoms with Crippen molar-refractivity contribution in [3.05, 3.63) is 42.0 Å². The molecule has 0 N–H and O–H groups in total. The average molecular weight is 307 g/mol. The first kappa shape index (κ1) is 16.2. The van der Waals surface area contributed by atoms with Crippen molar-refractivity contribution >= 4 is 10.0 Å². The molecule has 1 aliphatic heterocycles. The monoisotopic (exact) mass is 307 g/mol. The first-order valence-corrected chi connectivity index (χ1v) is 9.26. The molecule has 4 heteroatoms. The Hall–Kier alpha value is -1.13. The van der Waals surface area contributed by atoms with E-state index in [4.69, 9.17) is 0 Å². The zero-order valence-electron chi connectivity index (χ0n) is 12.8. The van der Waals surface area contributed by atoms with Gasteiger partial charge in [0.1, 0.15) is 0 Å². The van der Waals surface area contributed by atoms with E-state index in [2.05, 4.69) is 12.2 Å². The van der Waals surface area contributed by atoms with Gasteiger partial charge in [-0.05, 0) is 57.6 Å². The topological polar surface area (TPSA) is 37.4 Å². The molecule has 0 spiro atoms. The maximum Gasteiger partial charge on any atom is 0.243 e. The molecule has 1 aromatic rings. The normalized spacial score (nSPS) is 20.6. The molecule has 0 saturated heterocycles. The van der Waals surface area contributed by atoms with Crippen molar-refractivity contribution < 1.29 is 8.42 Å². The van der Waals surface area contributed by atoms with Crippen molar-refractivity contribution in [2.75, 3.05) is 13.1 Å². The highest BCUT2D eigenvalue weighted by Crippen LogP contribution is 2.19. The molecule has 1 aliphatic rings. The van der Waals surface area contributed by atoms with Gasteiger partial charge < -0.3 is 0 Å². The minimum absolute atomic E-state index is 0.418. The molecule has 2 rings (SSSR count). The lowest BCUT2D eigenvalue weighted by atomic mass is 10.2. The van der Waals surface area contributed by atoms with E-state index in [9.17, 15) is 8.42 Å². The van der Waals surface area contributed by atoms with E-state index in [0.717, 1.165) is 44.1 Å². The predicted octanol–water partition coefficient (Wildman–Crippen LogP) is 3.90. The third kappa shape index (κ3) is 4.68. The highest BCUT2D eigenvalue weighted by Gasteiger charge is 2.23. The van der Waals surface area contributed by atoms with Gasteiger partial charge in [-0.15, -0.1) is 0 Å². The van der Waals surface area contributed by atoms with Crippen molar-refractivity contribution in [3.63, 3.8) is 0 Å². The molecule has 3 nitrogen and oxygen atoms in total. The Morgan fingerprint density at radius 1 is 0.857 bits per heavy atom. The predicted molar refractivity (Wildman–Crippen MR) is 86.8 cm³/mol. The molecule has 0 aromatic heterocycles. The molecule has 0 amide bonds. The maximum atomic E-state index is 12.8. The Balaban J connectivity index is 2.13. The van der Waals surface area contributed by atoms with Crippen LogP contribution < -0.4 is 0 Å². The lowest BCUT2D eigenvalue weighted by Gasteiger charge is -2.22. The van der Waals surface area contributed by atoms with Crippen molar-refractivity contribution in [2.24, 2.45) is 0 Å². The zero-order valence-corrected chi connectivity index (χ0v) is 13.6. The van der Waals surface area contributed by atoms with Gasteiger partial charge in [-0.3, -0.25) is 0 Å². The lowest BCUT2D eigenvalue weighted by Crippen LogP contribution is -2.33. The van der Waals surface area contributed by atoms with E-state index in [1.165, 1.54) is 0 Å². The van der Waals surface area contributed by atoms with Gasteiger partial charge in [0.25, 0.3) is 0 Å². The molecule has 0 radical (unpaired) electrons. The summed E-state index contributed by atoms with van der Waals surface area (Å²) in [4.78, 5) is 0.418. The van der Waals surface area contributed by atoms with Crippen LogP contribution in [0.1, 0.15) is 44.1 Å². The van der Waals surface area contributed by atoms with Crippen molar-refractivity contribution in [1.29, 1.82) is 0 Å². The summed E-state index contributed by atoms with van der Waals surface area (Å²) < 4.78 is 27.2. The molecule has 0 atom stereocenters. The number of allylic oxidation sites excluding steroid dienone is 2. The van der Waals surface area contributed by atoms with Crippen LogP contribution in [0, 0.1) is 6.92 Å². The summed E-state index contributed by atoms with van der Waals surface area (Å²) in [7, 11) is -3.35. The minimum atomic E-state index is -3.35. The van der Waals surface area contributed by atoms with E-state index in [1.54, 1.807) is 16.4 Å². The highest BCUT2D eigenvalue weighted by atomic mass is 32.2. The molecule has 0 aliphatic carbocycles. The standard InChI is InChI=1S/C17H25NO2S/c1-16-10-12-17(13-11-16)21(19,20)18-14-8-6-4-2-3-5-7-9-15-18/h2-3,10-13H,4-9,14-15H2,1H3/b3-2-. The van der Waals surface area contributed by atoms with Crippen molar-refractivity contribution in [2.45, 2.75) is 50.3 Å². The van der Waals surface area contributed by atoms with Gasteiger partial charge in [0.05, 0.1) is 4.90 Å². The van der Waals surface area contributed by atoms with Crippen LogP contribution in [0.3, 0.4) is 0 Å². The van der Waals surface area contributed by atoms with Crippen LogP contribution in [0.2, 0.25) is 0 Å². The van der Waals surface area contributed by atoms with Gasteiger partial charge in [0, 0.05) is 13.1 Å². The van der Waals surface area contributed by atoms with Crippen LogP contribution >= 0.6 is 0 Å². The number of rotatable bonds is 2. The summed E-state index contributed by atoms with van der Waals surface area (Å²) in [6, 6.07) is 7.17. The molecule has 116 valence electrons. The van der Waals surface area contributed by atoms with E-state index in [0.29, 0.717) is 18.0 Å². The van der Waals surface area contributed by atoms with Crippen LogP contribution in [-0.2, 0) is 10.0 Å². The first-order chi connectivity index (χ1) is 10.1. The van der Waals surface area contributed by atoms with Gasteiger partial charge >= 0.3 is 0 Å². The fourth-order valence-corrected chi connectivity index (χ4v) is 4.06. The van der Waals surface area contributed by atoms with Crippen LogP contribution in [0.4, 0.5) is 0 Å². The second-order valence-corrected chi connectivity index (χ2v) is 7.62. The molecule has 21 heavy (non-hydrogen) atoms. The first-order valence-electron chi connectivity index (χ1n) is 7.82. The van der Waals surface area contributed by atoms with Gasteiger partial charge in [0.2, 0.25) is 10.0 Å². The van der Waals surface area contributed by atoms with Gasteiger partial charge in [-0.2, -0.15) is 4.31 Å². The molecule has 0 saturated carbocycles. The quantitative estimate of drug-likeness (QED) is 0.777. The SMILES string of the molecule is Cc1ccc(S(=O)(=O)N2CCCC/C=C\CCCC2)cc1. The number of nitrogens with zero attached hydrogens (tertiary/aromatic N) is 1. The molecule has 1 aromatic carbocycles. The molecular weight excluding hydrogens is 282 g/mol. The zero-order chi connectivity index (χ0) is 15.1. The van der Waals surface area contributed by atoms with Crippen molar-refractivity contribution in [1.82, 2.24) is 4.31 Å². The highest BCUT2D eigenvalue weighted by molar-refractivity contribution is 7.89. The second kappa shape index (κ2) is 7.76. The Kier molecular flexibility index (Phi) is 6.00. The Morgan fingerprint density at radius 3 is 1.90 bits per heavy atom. The summed E-state index contributed by atoms with van der Waals surface area (Å²) in [6.07, 6.45) is 10.5. The molecule has 0 bridgehead atoms. The van der Waals surface area contributed by atoms with E-state index >= 15 is 0 Å². The smallest absolute Gasteiger partial charge is 0.207 e. The molecular formula is C17H25NO2S. The minimum Gasteiger partial charge on any atom is -0.207 e. The van der Waals surface area contributed by atoms with E-state index < -0.39 is 10.0 Å². The number of benzene rings is 1. The summed E-state index contributed by atoms with van der Waals surface area (Å²) in [5, 5.41) is 0. The Morgan fingerprint density at radius 2 is 1.38 bits per heavy atom. The average Bonchev–Trinajstić information content (AvgIpc) is 2.53. The van der Waals surface area contributed by atoms with Gasteiger partial charge in [-0.25, -0.2) is 8.42 Å². The van der Waals surface area contributed by atoms with Crippen LogP contribution in [0.5, 0.6) is 0 Å². The van der Waals surface area contributed by atoms with Crippen LogP contribution in [0.25, 0.3) is 0 Å². The van der Waals surface area contributed by atoms with E-state index in [1.807, 2.05) is 19.1 Å². The Bertz CT molecular complexity index is 547. The summed E-state index contributed by atoms with van der Waals surface area (Å²) in [5.41, 5.74) is 1.08. The third-order valence-corrected chi connectivity index (χ3v) is 5.79. The number of sulfonamides is 1. The van der Waals surface area contributed by atoms with Crippen LogP contribution in [0.15, 0.2) is 41.3 Å².